The second-order valence-corrected chi connectivity index (χ2v) is 7.36. The Labute approximate surface area is 159 Å². The average molecular weight is 376 g/mol. The summed E-state index contributed by atoms with van der Waals surface area (Å²) in [4.78, 5) is 29.7. The fraction of sp³-hybridized carbons (Fsp3) is 0.400. The van der Waals surface area contributed by atoms with Crippen LogP contribution in [0.1, 0.15) is 46.6 Å². The molecule has 0 saturated carbocycles. The third-order valence-electron chi connectivity index (χ3n) is 4.66. The number of aryl methyl sites for hydroxylation is 2. The van der Waals surface area contributed by atoms with Gasteiger partial charge in [-0.25, -0.2) is 0 Å². The normalized spacial score (nSPS) is 10.9. The molecule has 1 aromatic carbocycles. The van der Waals surface area contributed by atoms with E-state index in [1.165, 1.54) is 0 Å². The summed E-state index contributed by atoms with van der Waals surface area (Å²) in [5.74, 6) is -0.247. The zero-order valence-corrected chi connectivity index (χ0v) is 16.9. The Kier molecular flexibility index (Phi) is 6.13. The van der Waals surface area contributed by atoms with Crippen molar-refractivity contribution in [2.45, 2.75) is 47.2 Å². The molecule has 1 heterocycles. The molecule has 2 aromatic rings. The van der Waals surface area contributed by atoms with Gasteiger partial charge in [0.05, 0.1) is 0 Å². The van der Waals surface area contributed by atoms with E-state index in [1.54, 1.807) is 6.07 Å². The Morgan fingerprint density at radius 3 is 2.46 bits per heavy atom. The Bertz CT molecular complexity index is 887. The summed E-state index contributed by atoms with van der Waals surface area (Å²) in [5.41, 5.74) is 4.33. The van der Waals surface area contributed by atoms with Crippen LogP contribution in [0.4, 0.5) is 5.69 Å². The number of halogens is 1. The van der Waals surface area contributed by atoms with E-state index in [1.807, 2.05) is 40.0 Å². The van der Waals surface area contributed by atoms with Crippen molar-refractivity contribution in [1.82, 2.24) is 10.3 Å². The van der Waals surface area contributed by atoms with Crippen LogP contribution in [0.2, 0.25) is 5.02 Å². The maximum absolute atomic E-state index is 12.7. The van der Waals surface area contributed by atoms with E-state index in [4.69, 9.17) is 11.6 Å². The van der Waals surface area contributed by atoms with Gasteiger partial charge in [0.2, 0.25) is 0 Å². The molecule has 0 spiro atoms. The lowest BCUT2D eigenvalue weighted by Crippen LogP contribution is -2.30. The summed E-state index contributed by atoms with van der Waals surface area (Å²) in [6.45, 7) is 9.92. The first-order valence-electron chi connectivity index (χ1n) is 8.62. The lowest BCUT2D eigenvalue weighted by atomic mass is 10.0. The number of anilines is 1. The molecule has 26 heavy (non-hydrogen) atoms. The third kappa shape index (κ3) is 4.28. The SMILES string of the molecule is Cc1cc(C)c(CNC(=O)c2cc(Cl)cc(N(C)C(C)C)c2C)c(=O)[nH]1. The van der Waals surface area contributed by atoms with Crippen LogP contribution in [-0.4, -0.2) is 24.0 Å². The van der Waals surface area contributed by atoms with Crippen LogP contribution in [-0.2, 0) is 6.54 Å². The molecule has 0 atom stereocenters. The van der Waals surface area contributed by atoms with Crippen molar-refractivity contribution in [3.05, 3.63) is 61.5 Å². The van der Waals surface area contributed by atoms with Crippen molar-refractivity contribution in [3.63, 3.8) is 0 Å². The minimum atomic E-state index is -0.247. The number of pyridine rings is 1. The van der Waals surface area contributed by atoms with Gasteiger partial charge in [-0.05, 0) is 63.9 Å². The molecule has 140 valence electrons. The number of amides is 1. The molecular formula is C20H26ClN3O2. The number of nitrogens with one attached hydrogen (secondary N) is 2. The average Bonchev–Trinajstić information content (AvgIpc) is 2.54. The number of nitrogens with zero attached hydrogens (tertiary/aromatic N) is 1. The molecule has 2 rings (SSSR count). The highest BCUT2D eigenvalue weighted by Crippen LogP contribution is 2.28. The van der Waals surface area contributed by atoms with Crippen LogP contribution >= 0.6 is 11.6 Å². The Hall–Kier alpha value is -2.27. The number of rotatable bonds is 5. The quantitative estimate of drug-likeness (QED) is 0.836. The highest BCUT2D eigenvalue weighted by molar-refractivity contribution is 6.31. The number of H-pyrrole nitrogens is 1. The lowest BCUT2D eigenvalue weighted by Gasteiger charge is -2.27. The van der Waals surface area contributed by atoms with E-state index in [0.29, 0.717) is 16.1 Å². The first-order chi connectivity index (χ1) is 12.1. The predicted molar refractivity (Wildman–Crippen MR) is 107 cm³/mol. The Morgan fingerprint density at radius 1 is 1.23 bits per heavy atom. The van der Waals surface area contributed by atoms with Crippen molar-refractivity contribution in [2.75, 3.05) is 11.9 Å². The van der Waals surface area contributed by atoms with Crippen LogP contribution in [0, 0.1) is 20.8 Å². The highest BCUT2D eigenvalue weighted by atomic mass is 35.5. The highest BCUT2D eigenvalue weighted by Gasteiger charge is 2.17. The van der Waals surface area contributed by atoms with Crippen molar-refractivity contribution >= 4 is 23.2 Å². The lowest BCUT2D eigenvalue weighted by molar-refractivity contribution is 0.0950. The Morgan fingerprint density at radius 2 is 1.88 bits per heavy atom. The number of aromatic amines is 1. The second kappa shape index (κ2) is 7.96. The summed E-state index contributed by atoms with van der Waals surface area (Å²) in [6.07, 6.45) is 0. The van der Waals surface area contributed by atoms with Crippen molar-refractivity contribution in [3.8, 4) is 0 Å². The Balaban J connectivity index is 2.29. The second-order valence-electron chi connectivity index (χ2n) is 6.93. The molecular weight excluding hydrogens is 350 g/mol. The summed E-state index contributed by atoms with van der Waals surface area (Å²) in [6, 6.07) is 5.69. The topological polar surface area (TPSA) is 65.2 Å². The van der Waals surface area contributed by atoms with Gasteiger partial charge in [0, 0.05) is 47.2 Å². The maximum atomic E-state index is 12.7. The van der Waals surface area contributed by atoms with Crippen LogP contribution in [0.3, 0.4) is 0 Å². The van der Waals surface area contributed by atoms with Crippen LogP contribution in [0.15, 0.2) is 23.0 Å². The predicted octanol–water partition coefficient (Wildman–Crippen LogP) is 3.73. The third-order valence-corrected chi connectivity index (χ3v) is 4.88. The molecule has 1 amide bonds. The first kappa shape index (κ1) is 20.0. The summed E-state index contributed by atoms with van der Waals surface area (Å²) in [7, 11) is 1.97. The van der Waals surface area contributed by atoms with Gasteiger partial charge < -0.3 is 15.2 Å². The summed E-state index contributed by atoms with van der Waals surface area (Å²) in [5, 5.41) is 3.35. The van der Waals surface area contributed by atoms with Gasteiger partial charge in [-0.2, -0.15) is 0 Å². The molecule has 0 bridgehead atoms. The molecule has 2 N–H and O–H groups in total. The van der Waals surface area contributed by atoms with Gasteiger partial charge in [-0.15, -0.1) is 0 Å². The fourth-order valence-corrected chi connectivity index (χ4v) is 3.12. The molecule has 0 saturated heterocycles. The van der Waals surface area contributed by atoms with Gasteiger partial charge in [-0.1, -0.05) is 11.6 Å². The molecule has 0 aliphatic carbocycles. The number of benzene rings is 1. The van der Waals surface area contributed by atoms with E-state index in [9.17, 15) is 9.59 Å². The van der Waals surface area contributed by atoms with E-state index in [0.717, 1.165) is 22.5 Å². The molecule has 0 fully saturated rings. The van der Waals surface area contributed by atoms with Crippen LogP contribution in [0.5, 0.6) is 0 Å². The largest absolute Gasteiger partial charge is 0.372 e. The minimum absolute atomic E-state index is 0.168. The van der Waals surface area contributed by atoms with Crippen LogP contribution < -0.4 is 15.8 Å². The molecule has 1 aromatic heterocycles. The fourth-order valence-electron chi connectivity index (χ4n) is 2.91. The van der Waals surface area contributed by atoms with E-state index in [2.05, 4.69) is 29.0 Å². The number of hydrogen-bond donors (Lipinski definition) is 2. The number of aromatic nitrogens is 1. The maximum Gasteiger partial charge on any atom is 0.253 e. The van der Waals surface area contributed by atoms with Gasteiger partial charge in [0.15, 0.2) is 0 Å². The van der Waals surface area contributed by atoms with Crippen LogP contribution in [0.25, 0.3) is 0 Å². The number of carbonyl (C=O) groups excluding carboxylic acids is 1. The smallest absolute Gasteiger partial charge is 0.253 e. The number of carbonyl (C=O) groups is 1. The van der Waals surface area contributed by atoms with E-state index in [-0.39, 0.29) is 24.1 Å². The van der Waals surface area contributed by atoms with Gasteiger partial charge in [0.1, 0.15) is 0 Å². The summed E-state index contributed by atoms with van der Waals surface area (Å²) >= 11 is 6.24. The van der Waals surface area contributed by atoms with Crippen molar-refractivity contribution < 1.29 is 4.79 Å². The van der Waals surface area contributed by atoms with Gasteiger partial charge >= 0.3 is 0 Å². The van der Waals surface area contributed by atoms with Gasteiger partial charge in [0.25, 0.3) is 11.5 Å². The van der Waals surface area contributed by atoms with Crippen molar-refractivity contribution in [2.24, 2.45) is 0 Å². The first-order valence-corrected chi connectivity index (χ1v) is 9.00. The standard InChI is InChI=1S/C20H26ClN3O2/c1-11(2)24(6)18-9-15(21)8-16(14(18)5)19(25)22-10-17-12(3)7-13(4)23-20(17)26/h7-9,11H,10H2,1-6H3,(H,22,25)(H,23,26). The number of hydrogen-bond acceptors (Lipinski definition) is 3. The monoisotopic (exact) mass is 375 g/mol. The van der Waals surface area contributed by atoms with E-state index < -0.39 is 0 Å². The molecule has 0 radical (unpaired) electrons. The molecule has 0 aliphatic rings. The van der Waals surface area contributed by atoms with Gasteiger partial charge in [-0.3, -0.25) is 9.59 Å². The zero-order valence-electron chi connectivity index (χ0n) is 16.2. The zero-order chi connectivity index (χ0) is 19.6. The minimum Gasteiger partial charge on any atom is -0.372 e. The molecule has 0 unspecified atom stereocenters. The molecule has 0 aliphatic heterocycles. The molecule has 6 heteroatoms. The summed E-state index contributed by atoms with van der Waals surface area (Å²) < 4.78 is 0. The van der Waals surface area contributed by atoms with Crippen molar-refractivity contribution in [1.29, 1.82) is 0 Å². The molecule has 5 nitrogen and oxygen atoms in total. The van der Waals surface area contributed by atoms with E-state index >= 15 is 0 Å².